The molecule has 1 amide bonds. The van der Waals surface area contributed by atoms with E-state index in [0.717, 1.165) is 5.76 Å². The van der Waals surface area contributed by atoms with Gasteiger partial charge in [-0.25, -0.2) is 13.6 Å². The molecule has 23 heavy (non-hydrogen) atoms. The predicted molar refractivity (Wildman–Crippen MR) is 86.5 cm³/mol. The van der Waals surface area contributed by atoms with Crippen LogP contribution in [0.3, 0.4) is 0 Å². The number of furan rings is 1. The molecule has 0 saturated carbocycles. The Bertz CT molecular complexity index is 782. The summed E-state index contributed by atoms with van der Waals surface area (Å²) in [6, 6.07) is 7.89. The van der Waals surface area contributed by atoms with Crippen molar-refractivity contribution in [3.63, 3.8) is 0 Å². The van der Waals surface area contributed by atoms with Crippen molar-refractivity contribution in [3.8, 4) is 0 Å². The molecule has 0 aliphatic rings. The first-order valence-electron chi connectivity index (χ1n) is 7.24. The molecule has 1 unspecified atom stereocenters. The van der Waals surface area contributed by atoms with Crippen LogP contribution in [0.15, 0.2) is 45.9 Å². The van der Waals surface area contributed by atoms with E-state index in [2.05, 4.69) is 5.32 Å². The zero-order valence-corrected chi connectivity index (χ0v) is 13.9. The highest BCUT2D eigenvalue weighted by Crippen LogP contribution is 2.15. The molecule has 0 bridgehead atoms. The number of hydrogen-bond donors (Lipinski definition) is 2. The maximum absolute atomic E-state index is 12.3. The quantitative estimate of drug-likeness (QED) is 0.842. The highest BCUT2D eigenvalue weighted by molar-refractivity contribution is 7.89. The van der Waals surface area contributed by atoms with E-state index in [9.17, 15) is 13.2 Å². The third-order valence-electron chi connectivity index (χ3n) is 3.56. The van der Waals surface area contributed by atoms with Crippen molar-refractivity contribution in [1.82, 2.24) is 5.32 Å². The van der Waals surface area contributed by atoms with Crippen molar-refractivity contribution in [2.75, 3.05) is 0 Å². The van der Waals surface area contributed by atoms with Crippen LogP contribution in [-0.2, 0) is 16.4 Å². The molecule has 0 fully saturated rings. The second-order valence-corrected chi connectivity index (χ2v) is 7.08. The molecule has 0 radical (unpaired) electrons. The summed E-state index contributed by atoms with van der Waals surface area (Å²) in [5, 5.41) is 7.97. The number of aryl methyl sites for hydroxylation is 2. The van der Waals surface area contributed by atoms with E-state index in [-0.39, 0.29) is 16.8 Å². The summed E-state index contributed by atoms with van der Waals surface area (Å²) >= 11 is 0. The minimum atomic E-state index is -3.84. The van der Waals surface area contributed by atoms with Gasteiger partial charge in [0.1, 0.15) is 5.76 Å². The van der Waals surface area contributed by atoms with Crippen molar-refractivity contribution in [2.45, 2.75) is 37.6 Å². The Morgan fingerprint density at radius 3 is 2.70 bits per heavy atom. The van der Waals surface area contributed by atoms with Gasteiger partial charge >= 0.3 is 0 Å². The summed E-state index contributed by atoms with van der Waals surface area (Å²) < 4.78 is 28.1. The normalized spacial score (nSPS) is 12.8. The van der Waals surface area contributed by atoms with Gasteiger partial charge in [0.05, 0.1) is 11.2 Å². The Morgan fingerprint density at radius 1 is 1.35 bits per heavy atom. The van der Waals surface area contributed by atoms with Gasteiger partial charge < -0.3 is 9.73 Å². The van der Waals surface area contributed by atoms with Gasteiger partial charge in [-0.1, -0.05) is 6.07 Å². The average molecular weight is 336 g/mol. The van der Waals surface area contributed by atoms with Crippen molar-refractivity contribution in [3.05, 3.63) is 53.5 Å². The third-order valence-corrected chi connectivity index (χ3v) is 4.47. The smallest absolute Gasteiger partial charge is 0.251 e. The van der Waals surface area contributed by atoms with Gasteiger partial charge in [-0.05, 0) is 50.1 Å². The van der Waals surface area contributed by atoms with Crippen LogP contribution in [0, 0.1) is 6.92 Å². The molecular formula is C16H20N2O4S. The number of nitrogens with one attached hydrogen (secondary N) is 1. The van der Waals surface area contributed by atoms with Crippen LogP contribution in [0.1, 0.15) is 35.0 Å². The van der Waals surface area contributed by atoms with Crippen molar-refractivity contribution < 1.29 is 17.6 Å². The van der Waals surface area contributed by atoms with Gasteiger partial charge in [0.25, 0.3) is 5.91 Å². The van der Waals surface area contributed by atoms with Gasteiger partial charge in [-0.2, -0.15) is 0 Å². The minimum absolute atomic E-state index is 0.0727. The van der Waals surface area contributed by atoms with Gasteiger partial charge in [-0.15, -0.1) is 0 Å². The van der Waals surface area contributed by atoms with E-state index in [1.165, 1.54) is 12.1 Å². The fourth-order valence-corrected chi connectivity index (χ4v) is 2.75. The van der Waals surface area contributed by atoms with Crippen LogP contribution < -0.4 is 10.5 Å². The number of nitrogens with two attached hydrogens (primary N) is 1. The highest BCUT2D eigenvalue weighted by atomic mass is 32.2. The van der Waals surface area contributed by atoms with Crippen LogP contribution in [0.25, 0.3) is 0 Å². The zero-order chi connectivity index (χ0) is 17.0. The molecule has 6 nitrogen and oxygen atoms in total. The minimum Gasteiger partial charge on any atom is -0.469 e. The van der Waals surface area contributed by atoms with Crippen molar-refractivity contribution in [2.24, 2.45) is 5.14 Å². The van der Waals surface area contributed by atoms with E-state index in [0.29, 0.717) is 24.0 Å². The third kappa shape index (κ3) is 4.67. The molecular weight excluding hydrogens is 316 g/mol. The second kappa shape index (κ2) is 6.97. The molecule has 0 aliphatic heterocycles. The summed E-state index contributed by atoms with van der Waals surface area (Å²) in [6.07, 6.45) is 3.04. The van der Waals surface area contributed by atoms with E-state index < -0.39 is 10.0 Å². The maximum atomic E-state index is 12.3. The monoisotopic (exact) mass is 336 g/mol. The molecule has 3 N–H and O–H groups in total. The Morgan fingerprint density at radius 2 is 2.09 bits per heavy atom. The molecule has 1 aromatic heterocycles. The highest BCUT2D eigenvalue weighted by Gasteiger charge is 2.16. The predicted octanol–water partition coefficient (Wildman–Crippen LogP) is 1.99. The lowest BCUT2D eigenvalue weighted by molar-refractivity contribution is 0.0937. The van der Waals surface area contributed by atoms with Crippen molar-refractivity contribution in [1.29, 1.82) is 0 Å². The fraction of sp³-hybridized carbons (Fsp3) is 0.312. The topological polar surface area (TPSA) is 102 Å². The summed E-state index contributed by atoms with van der Waals surface area (Å²) in [4.78, 5) is 12.3. The second-order valence-electron chi connectivity index (χ2n) is 5.51. The average Bonchev–Trinajstić information content (AvgIpc) is 2.97. The lowest BCUT2D eigenvalue weighted by Crippen LogP contribution is -2.33. The molecule has 0 spiro atoms. The maximum Gasteiger partial charge on any atom is 0.251 e. The molecule has 0 aliphatic carbocycles. The number of primary sulfonamides is 1. The summed E-state index contributed by atoms with van der Waals surface area (Å²) in [5.41, 5.74) is 0.995. The number of rotatable bonds is 6. The number of amides is 1. The number of benzene rings is 1. The fourth-order valence-electron chi connectivity index (χ4n) is 2.21. The molecule has 0 saturated heterocycles. The summed E-state index contributed by atoms with van der Waals surface area (Å²) in [6.45, 7) is 3.63. The first-order chi connectivity index (χ1) is 10.8. The van der Waals surface area contributed by atoms with E-state index in [1.54, 1.807) is 19.3 Å². The first kappa shape index (κ1) is 17.2. The lowest BCUT2D eigenvalue weighted by Gasteiger charge is -2.15. The van der Waals surface area contributed by atoms with Gasteiger partial charge in [0, 0.05) is 18.0 Å². The van der Waals surface area contributed by atoms with Gasteiger partial charge in [0.15, 0.2) is 0 Å². The Hall–Kier alpha value is -2.12. The van der Waals surface area contributed by atoms with Gasteiger partial charge in [0.2, 0.25) is 10.0 Å². The zero-order valence-electron chi connectivity index (χ0n) is 13.1. The Balaban J connectivity index is 2.05. The van der Waals surface area contributed by atoms with Crippen LogP contribution in [-0.4, -0.2) is 20.4 Å². The van der Waals surface area contributed by atoms with E-state index in [1.807, 2.05) is 19.1 Å². The molecule has 2 rings (SSSR count). The molecule has 1 aromatic carbocycles. The number of hydrogen-bond acceptors (Lipinski definition) is 4. The molecule has 1 heterocycles. The van der Waals surface area contributed by atoms with E-state index >= 15 is 0 Å². The Labute approximate surface area is 135 Å². The van der Waals surface area contributed by atoms with Crippen LogP contribution in [0.4, 0.5) is 0 Å². The first-order valence-corrected chi connectivity index (χ1v) is 8.78. The number of sulfonamides is 1. The number of carbonyl (C=O) groups excluding carboxylic acids is 1. The van der Waals surface area contributed by atoms with Gasteiger partial charge in [-0.3, -0.25) is 4.79 Å². The largest absolute Gasteiger partial charge is 0.469 e. The standard InChI is InChI=1S/C16H20N2O4S/c1-11-5-8-14(23(17,20)21)10-15(11)16(19)18-12(2)6-7-13-4-3-9-22-13/h3-5,8-10,12H,6-7H2,1-2H3,(H,18,19)(H2,17,20,21). The lowest BCUT2D eigenvalue weighted by atomic mass is 10.1. The molecule has 2 aromatic rings. The van der Waals surface area contributed by atoms with Crippen LogP contribution >= 0.6 is 0 Å². The van der Waals surface area contributed by atoms with Crippen LogP contribution in [0.5, 0.6) is 0 Å². The summed E-state index contributed by atoms with van der Waals surface area (Å²) in [7, 11) is -3.84. The van der Waals surface area contributed by atoms with Crippen LogP contribution in [0.2, 0.25) is 0 Å². The molecule has 1 atom stereocenters. The molecule has 124 valence electrons. The SMILES string of the molecule is Cc1ccc(S(N)(=O)=O)cc1C(=O)NC(C)CCc1ccco1. The number of carbonyl (C=O) groups is 1. The molecule has 7 heteroatoms. The Kier molecular flexibility index (Phi) is 5.23. The van der Waals surface area contributed by atoms with Crippen molar-refractivity contribution >= 4 is 15.9 Å². The summed E-state index contributed by atoms with van der Waals surface area (Å²) in [5.74, 6) is 0.540. The van der Waals surface area contributed by atoms with E-state index in [4.69, 9.17) is 9.56 Å².